The molecule has 0 aliphatic carbocycles. The van der Waals surface area contributed by atoms with Gasteiger partial charge in [0, 0.05) is 36.8 Å². The Balaban J connectivity index is 1.23. The first-order valence-electron chi connectivity index (χ1n) is 10.9. The zero-order valence-electron chi connectivity index (χ0n) is 17.4. The number of halogens is 1. The molecule has 0 unspecified atom stereocenters. The molecule has 5 nitrogen and oxygen atoms in total. The van der Waals surface area contributed by atoms with E-state index in [1.807, 2.05) is 29.2 Å². The molecule has 6 heteroatoms. The molecule has 31 heavy (non-hydrogen) atoms. The molecular weight excluding hydrogens is 391 g/mol. The maximum absolute atomic E-state index is 13.2. The highest BCUT2D eigenvalue weighted by Gasteiger charge is 2.31. The van der Waals surface area contributed by atoms with E-state index in [1.54, 1.807) is 12.1 Å². The van der Waals surface area contributed by atoms with Crippen LogP contribution in [0.5, 0.6) is 0 Å². The molecule has 1 amide bonds. The Bertz CT molecular complexity index is 1060. The van der Waals surface area contributed by atoms with Gasteiger partial charge in [0.15, 0.2) is 5.82 Å². The van der Waals surface area contributed by atoms with E-state index in [4.69, 9.17) is 0 Å². The summed E-state index contributed by atoms with van der Waals surface area (Å²) in [5, 5.41) is 8.69. The molecular formula is C25H25FN4O. The van der Waals surface area contributed by atoms with Crippen molar-refractivity contribution in [2.75, 3.05) is 29.4 Å². The van der Waals surface area contributed by atoms with Crippen molar-refractivity contribution >= 4 is 17.4 Å². The van der Waals surface area contributed by atoms with Crippen LogP contribution in [-0.2, 0) is 11.2 Å². The van der Waals surface area contributed by atoms with Crippen LogP contribution in [0.1, 0.15) is 24.8 Å². The van der Waals surface area contributed by atoms with Crippen molar-refractivity contribution in [3.63, 3.8) is 0 Å². The van der Waals surface area contributed by atoms with Gasteiger partial charge in [-0.1, -0.05) is 18.2 Å². The van der Waals surface area contributed by atoms with Gasteiger partial charge in [0.1, 0.15) is 5.82 Å². The summed E-state index contributed by atoms with van der Waals surface area (Å²) in [7, 11) is 0. The van der Waals surface area contributed by atoms with Gasteiger partial charge in [-0.3, -0.25) is 4.79 Å². The number of aromatic nitrogens is 2. The zero-order valence-corrected chi connectivity index (χ0v) is 17.4. The largest absolute Gasteiger partial charge is 0.355 e. The number of para-hydroxylation sites is 1. The van der Waals surface area contributed by atoms with Gasteiger partial charge in [0.05, 0.1) is 5.69 Å². The number of hydrogen-bond donors (Lipinski definition) is 0. The van der Waals surface area contributed by atoms with Gasteiger partial charge in [-0.25, -0.2) is 4.39 Å². The number of benzene rings is 2. The monoisotopic (exact) mass is 416 g/mol. The van der Waals surface area contributed by atoms with E-state index in [0.717, 1.165) is 68.1 Å². The third kappa shape index (κ3) is 4.02. The van der Waals surface area contributed by atoms with Gasteiger partial charge in [-0.15, -0.1) is 10.2 Å². The maximum Gasteiger partial charge on any atom is 0.230 e. The molecule has 3 heterocycles. The molecule has 1 fully saturated rings. The van der Waals surface area contributed by atoms with Crippen molar-refractivity contribution in [1.82, 2.24) is 10.2 Å². The van der Waals surface area contributed by atoms with Crippen LogP contribution < -0.4 is 9.80 Å². The van der Waals surface area contributed by atoms with E-state index in [9.17, 15) is 9.18 Å². The van der Waals surface area contributed by atoms with Crippen molar-refractivity contribution in [1.29, 1.82) is 0 Å². The van der Waals surface area contributed by atoms with Crippen molar-refractivity contribution in [2.24, 2.45) is 5.92 Å². The number of carbonyl (C=O) groups is 1. The molecule has 0 atom stereocenters. The lowest BCUT2D eigenvalue weighted by Crippen LogP contribution is -2.44. The summed E-state index contributed by atoms with van der Waals surface area (Å²) in [6, 6.07) is 18.4. The molecule has 1 saturated heterocycles. The van der Waals surface area contributed by atoms with Crippen LogP contribution in [0.4, 0.5) is 15.9 Å². The number of anilines is 2. The summed E-state index contributed by atoms with van der Waals surface area (Å²) >= 11 is 0. The third-order valence-corrected chi connectivity index (χ3v) is 6.33. The molecule has 5 rings (SSSR count). The van der Waals surface area contributed by atoms with E-state index < -0.39 is 0 Å². The molecule has 3 aromatic rings. The fraction of sp³-hybridized carbons (Fsp3) is 0.320. The fourth-order valence-electron chi connectivity index (χ4n) is 4.61. The minimum atomic E-state index is -0.265. The summed E-state index contributed by atoms with van der Waals surface area (Å²) in [6.07, 6.45) is 3.71. The zero-order chi connectivity index (χ0) is 21.2. The highest BCUT2D eigenvalue weighted by molar-refractivity contribution is 5.96. The Labute approximate surface area is 181 Å². The van der Waals surface area contributed by atoms with E-state index >= 15 is 0 Å². The molecule has 2 aliphatic rings. The van der Waals surface area contributed by atoms with E-state index in [-0.39, 0.29) is 17.6 Å². The Hall–Kier alpha value is -3.28. The predicted molar refractivity (Wildman–Crippen MR) is 119 cm³/mol. The van der Waals surface area contributed by atoms with Crippen LogP contribution in [0.2, 0.25) is 0 Å². The molecule has 2 aromatic carbocycles. The van der Waals surface area contributed by atoms with Crippen LogP contribution in [0.25, 0.3) is 11.3 Å². The van der Waals surface area contributed by atoms with Gasteiger partial charge in [0.2, 0.25) is 5.91 Å². The average Bonchev–Trinajstić information content (AvgIpc) is 2.84. The SMILES string of the molecule is O=C(C1CCN(c2ccc(-c3ccc(F)cc3)nn2)CC1)N1CCCc2ccccc21. The van der Waals surface area contributed by atoms with Crippen molar-refractivity contribution in [2.45, 2.75) is 25.7 Å². The molecule has 158 valence electrons. The summed E-state index contributed by atoms with van der Waals surface area (Å²) in [6.45, 7) is 2.39. The highest BCUT2D eigenvalue weighted by atomic mass is 19.1. The Morgan fingerprint density at radius 3 is 2.42 bits per heavy atom. The topological polar surface area (TPSA) is 49.3 Å². The molecule has 2 aliphatic heterocycles. The normalized spacial score (nSPS) is 16.8. The van der Waals surface area contributed by atoms with Crippen molar-refractivity contribution < 1.29 is 9.18 Å². The van der Waals surface area contributed by atoms with Gasteiger partial charge < -0.3 is 9.80 Å². The number of nitrogens with zero attached hydrogens (tertiary/aromatic N) is 4. The van der Waals surface area contributed by atoms with Crippen molar-refractivity contribution in [3.8, 4) is 11.3 Å². The van der Waals surface area contributed by atoms with E-state index in [0.29, 0.717) is 0 Å². The second kappa shape index (κ2) is 8.46. The molecule has 0 spiro atoms. The van der Waals surface area contributed by atoms with E-state index in [2.05, 4.69) is 27.2 Å². The number of hydrogen-bond acceptors (Lipinski definition) is 4. The molecule has 0 radical (unpaired) electrons. The average molecular weight is 417 g/mol. The first-order valence-corrected chi connectivity index (χ1v) is 10.9. The summed E-state index contributed by atoms with van der Waals surface area (Å²) in [5.74, 6) is 0.859. The quantitative estimate of drug-likeness (QED) is 0.632. The second-order valence-electron chi connectivity index (χ2n) is 8.27. The molecule has 0 N–H and O–H groups in total. The van der Waals surface area contributed by atoms with Gasteiger partial charge >= 0.3 is 0 Å². The summed E-state index contributed by atoms with van der Waals surface area (Å²) in [5.41, 5.74) is 3.92. The van der Waals surface area contributed by atoms with Crippen molar-refractivity contribution in [3.05, 3.63) is 72.0 Å². The fourth-order valence-corrected chi connectivity index (χ4v) is 4.61. The number of amides is 1. The number of carbonyl (C=O) groups excluding carboxylic acids is 1. The predicted octanol–water partition coefficient (Wildman–Crippen LogP) is 4.48. The minimum absolute atomic E-state index is 0.0499. The van der Waals surface area contributed by atoms with Crippen LogP contribution in [0.3, 0.4) is 0 Å². The van der Waals surface area contributed by atoms with Crippen LogP contribution in [0.15, 0.2) is 60.7 Å². The van der Waals surface area contributed by atoms with Gasteiger partial charge in [0.25, 0.3) is 0 Å². The number of fused-ring (bicyclic) bond motifs is 1. The standard InChI is InChI=1S/C25H25FN4O/c26-21-9-7-18(8-10-21)22-11-12-24(28-27-22)29-16-13-20(14-17-29)25(31)30-15-3-5-19-4-1-2-6-23(19)30/h1-2,4,6-12,20H,3,5,13-17H2. The first-order chi connectivity index (χ1) is 15.2. The Morgan fingerprint density at radius 2 is 1.68 bits per heavy atom. The summed E-state index contributed by atoms with van der Waals surface area (Å²) in [4.78, 5) is 17.4. The van der Waals surface area contributed by atoms with Crippen LogP contribution in [0, 0.1) is 11.7 Å². The first kappa shape index (κ1) is 19.7. The molecule has 0 saturated carbocycles. The number of piperidine rings is 1. The smallest absolute Gasteiger partial charge is 0.230 e. The number of rotatable bonds is 3. The second-order valence-corrected chi connectivity index (χ2v) is 8.27. The minimum Gasteiger partial charge on any atom is -0.355 e. The third-order valence-electron chi connectivity index (χ3n) is 6.33. The highest BCUT2D eigenvalue weighted by Crippen LogP contribution is 2.31. The maximum atomic E-state index is 13.2. The molecule has 0 bridgehead atoms. The number of aryl methyl sites for hydroxylation is 1. The van der Waals surface area contributed by atoms with Crippen LogP contribution >= 0.6 is 0 Å². The van der Waals surface area contributed by atoms with Crippen LogP contribution in [-0.4, -0.2) is 35.7 Å². The lowest BCUT2D eigenvalue weighted by Gasteiger charge is -2.36. The Morgan fingerprint density at radius 1 is 0.903 bits per heavy atom. The lowest BCUT2D eigenvalue weighted by molar-refractivity contribution is -0.123. The van der Waals surface area contributed by atoms with E-state index in [1.165, 1.54) is 17.7 Å². The summed E-state index contributed by atoms with van der Waals surface area (Å²) < 4.78 is 13.1. The molecule has 1 aromatic heterocycles. The lowest BCUT2D eigenvalue weighted by atomic mass is 9.93. The Kier molecular flexibility index (Phi) is 5.37. The van der Waals surface area contributed by atoms with Gasteiger partial charge in [-0.05, 0) is 73.7 Å². The van der Waals surface area contributed by atoms with Gasteiger partial charge in [-0.2, -0.15) is 0 Å².